The molecule has 0 saturated carbocycles. The Morgan fingerprint density at radius 2 is 2.12 bits per heavy atom. The molecule has 0 radical (unpaired) electrons. The van der Waals surface area contributed by atoms with E-state index in [1.807, 2.05) is 4.68 Å². The van der Waals surface area contributed by atoms with Gasteiger partial charge in [0.2, 0.25) is 0 Å². The lowest BCUT2D eigenvalue weighted by atomic mass is 10.1. The van der Waals surface area contributed by atoms with Crippen molar-refractivity contribution in [3.05, 3.63) is 36.2 Å². The zero-order valence-corrected chi connectivity index (χ0v) is 9.85. The number of hydrogen-bond donors (Lipinski definition) is 0. The van der Waals surface area contributed by atoms with Crippen LogP contribution in [-0.2, 0) is 13.0 Å². The van der Waals surface area contributed by atoms with E-state index in [9.17, 15) is 0 Å². The van der Waals surface area contributed by atoms with E-state index in [4.69, 9.17) is 0 Å². The van der Waals surface area contributed by atoms with E-state index in [1.54, 1.807) is 6.33 Å². The molecule has 0 saturated heterocycles. The lowest BCUT2D eigenvalue weighted by Gasteiger charge is -1.99. The number of aryl methyl sites for hydroxylation is 2. The lowest BCUT2D eigenvalue weighted by molar-refractivity contribution is 0.602. The van der Waals surface area contributed by atoms with Gasteiger partial charge in [0, 0.05) is 12.1 Å². The largest absolute Gasteiger partial charge is 0.252 e. The van der Waals surface area contributed by atoms with Crippen LogP contribution in [0, 0.1) is 0 Å². The first kappa shape index (κ1) is 10.9. The number of hydrogen-bond acceptors (Lipinski definition) is 2. The van der Waals surface area contributed by atoms with Gasteiger partial charge in [0.1, 0.15) is 6.33 Å². The van der Waals surface area contributed by atoms with Crippen molar-refractivity contribution in [2.75, 3.05) is 0 Å². The third-order valence-electron chi connectivity index (χ3n) is 2.58. The predicted octanol–water partition coefficient (Wildman–Crippen LogP) is 2.92. The first-order chi connectivity index (χ1) is 7.83. The zero-order chi connectivity index (χ0) is 11.4. The number of benzene rings is 1. The van der Waals surface area contributed by atoms with Crippen LogP contribution in [0.1, 0.15) is 25.8 Å². The summed E-state index contributed by atoms with van der Waals surface area (Å²) in [7, 11) is 0. The summed E-state index contributed by atoms with van der Waals surface area (Å²) in [4.78, 5) is 4.33. The summed E-state index contributed by atoms with van der Waals surface area (Å²) in [6, 6.07) is 8.41. The molecule has 1 heterocycles. The van der Waals surface area contributed by atoms with Crippen LogP contribution in [0.3, 0.4) is 0 Å². The fraction of sp³-hybridized carbons (Fsp3) is 0.385. The Hall–Kier alpha value is -1.64. The average Bonchev–Trinajstić information content (AvgIpc) is 2.78. The minimum Gasteiger partial charge on any atom is -0.252 e. The van der Waals surface area contributed by atoms with Gasteiger partial charge in [0.25, 0.3) is 0 Å². The second kappa shape index (κ2) is 4.92. The highest BCUT2D eigenvalue weighted by Crippen LogP contribution is 2.16. The Bertz CT molecular complexity index is 460. The Labute approximate surface area is 96.1 Å². The second-order valence-electron chi connectivity index (χ2n) is 3.89. The van der Waals surface area contributed by atoms with Crippen LogP contribution in [0.5, 0.6) is 0 Å². The van der Waals surface area contributed by atoms with E-state index in [2.05, 4.69) is 48.2 Å². The highest BCUT2D eigenvalue weighted by Gasteiger charge is 2.03. The Morgan fingerprint density at radius 1 is 1.25 bits per heavy atom. The van der Waals surface area contributed by atoms with E-state index >= 15 is 0 Å². The molecule has 0 spiro atoms. The smallest absolute Gasteiger partial charge is 0.181 e. The summed E-state index contributed by atoms with van der Waals surface area (Å²) in [5.41, 5.74) is 2.43. The monoisotopic (exact) mass is 215 g/mol. The molecular weight excluding hydrogens is 198 g/mol. The molecule has 0 bridgehead atoms. The Kier molecular flexibility index (Phi) is 3.34. The van der Waals surface area contributed by atoms with Gasteiger partial charge < -0.3 is 0 Å². The van der Waals surface area contributed by atoms with Crippen molar-refractivity contribution in [1.29, 1.82) is 0 Å². The lowest BCUT2D eigenvalue weighted by Crippen LogP contribution is -1.96. The van der Waals surface area contributed by atoms with Crippen molar-refractivity contribution in [1.82, 2.24) is 14.8 Å². The molecule has 0 N–H and O–H groups in total. The SMILES string of the molecule is CCCn1cnc(-c2cccc(CC)c2)n1. The average molecular weight is 215 g/mol. The van der Waals surface area contributed by atoms with Crippen molar-refractivity contribution in [3.8, 4) is 11.4 Å². The summed E-state index contributed by atoms with van der Waals surface area (Å²) in [5.74, 6) is 0.823. The number of rotatable bonds is 4. The minimum absolute atomic E-state index is 0.823. The maximum atomic E-state index is 4.45. The van der Waals surface area contributed by atoms with Crippen LogP contribution in [0.4, 0.5) is 0 Å². The molecule has 3 nitrogen and oxygen atoms in total. The summed E-state index contributed by atoms with van der Waals surface area (Å²) in [5, 5.41) is 4.45. The molecule has 0 atom stereocenters. The van der Waals surface area contributed by atoms with Crippen LogP contribution in [0.2, 0.25) is 0 Å². The van der Waals surface area contributed by atoms with Crippen LogP contribution < -0.4 is 0 Å². The standard InChI is InChI=1S/C13H17N3/c1-3-8-16-10-14-13(15-16)12-7-5-6-11(4-2)9-12/h5-7,9-10H,3-4,8H2,1-2H3. The second-order valence-corrected chi connectivity index (χ2v) is 3.89. The predicted molar refractivity (Wildman–Crippen MR) is 65.1 cm³/mol. The first-order valence-corrected chi connectivity index (χ1v) is 5.82. The van der Waals surface area contributed by atoms with Gasteiger partial charge in [0.05, 0.1) is 0 Å². The maximum Gasteiger partial charge on any atom is 0.181 e. The molecule has 1 aromatic carbocycles. The quantitative estimate of drug-likeness (QED) is 0.785. The van der Waals surface area contributed by atoms with Crippen molar-refractivity contribution in [3.63, 3.8) is 0 Å². The molecule has 3 heteroatoms. The molecule has 0 amide bonds. The van der Waals surface area contributed by atoms with Crippen LogP contribution in [-0.4, -0.2) is 14.8 Å². The molecule has 2 aromatic rings. The summed E-state index contributed by atoms with van der Waals surface area (Å²) >= 11 is 0. The third kappa shape index (κ3) is 2.30. The molecule has 2 rings (SSSR count). The topological polar surface area (TPSA) is 30.7 Å². The highest BCUT2D eigenvalue weighted by molar-refractivity contribution is 5.55. The van der Waals surface area contributed by atoms with Gasteiger partial charge in [-0.2, -0.15) is 5.10 Å². The van der Waals surface area contributed by atoms with Crippen LogP contribution >= 0.6 is 0 Å². The molecule has 0 aliphatic rings. The zero-order valence-electron chi connectivity index (χ0n) is 9.85. The molecule has 0 aliphatic heterocycles. The molecule has 0 aliphatic carbocycles. The molecule has 0 unspecified atom stereocenters. The van der Waals surface area contributed by atoms with E-state index in [0.29, 0.717) is 0 Å². The number of aromatic nitrogens is 3. The van der Waals surface area contributed by atoms with E-state index in [1.165, 1.54) is 5.56 Å². The van der Waals surface area contributed by atoms with Crippen LogP contribution in [0.15, 0.2) is 30.6 Å². The molecule has 1 aromatic heterocycles. The Balaban J connectivity index is 2.27. The highest BCUT2D eigenvalue weighted by atomic mass is 15.3. The van der Waals surface area contributed by atoms with Gasteiger partial charge in [-0.25, -0.2) is 4.98 Å². The number of nitrogens with zero attached hydrogens (tertiary/aromatic N) is 3. The molecule has 84 valence electrons. The van der Waals surface area contributed by atoms with Gasteiger partial charge in [-0.1, -0.05) is 32.0 Å². The molecule has 16 heavy (non-hydrogen) atoms. The van der Waals surface area contributed by atoms with E-state index in [-0.39, 0.29) is 0 Å². The molecular formula is C13H17N3. The van der Waals surface area contributed by atoms with E-state index < -0.39 is 0 Å². The van der Waals surface area contributed by atoms with Crippen molar-refractivity contribution < 1.29 is 0 Å². The summed E-state index contributed by atoms with van der Waals surface area (Å²) in [6.07, 6.45) is 3.93. The summed E-state index contributed by atoms with van der Waals surface area (Å²) < 4.78 is 1.90. The normalized spacial score (nSPS) is 10.6. The van der Waals surface area contributed by atoms with Gasteiger partial charge in [-0.05, 0) is 24.5 Å². The Morgan fingerprint density at radius 3 is 2.88 bits per heavy atom. The first-order valence-electron chi connectivity index (χ1n) is 5.82. The van der Waals surface area contributed by atoms with Crippen molar-refractivity contribution in [2.45, 2.75) is 33.2 Å². The fourth-order valence-corrected chi connectivity index (χ4v) is 1.69. The van der Waals surface area contributed by atoms with Gasteiger partial charge >= 0.3 is 0 Å². The van der Waals surface area contributed by atoms with Gasteiger partial charge in [-0.15, -0.1) is 0 Å². The minimum atomic E-state index is 0.823. The van der Waals surface area contributed by atoms with E-state index in [0.717, 1.165) is 30.8 Å². The third-order valence-corrected chi connectivity index (χ3v) is 2.58. The maximum absolute atomic E-state index is 4.45. The fourth-order valence-electron chi connectivity index (χ4n) is 1.69. The van der Waals surface area contributed by atoms with Crippen molar-refractivity contribution >= 4 is 0 Å². The van der Waals surface area contributed by atoms with Gasteiger partial charge in [-0.3, -0.25) is 4.68 Å². The van der Waals surface area contributed by atoms with Gasteiger partial charge in [0.15, 0.2) is 5.82 Å². The van der Waals surface area contributed by atoms with Crippen LogP contribution in [0.25, 0.3) is 11.4 Å². The van der Waals surface area contributed by atoms with Crippen molar-refractivity contribution in [2.24, 2.45) is 0 Å². The molecule has 0 fully saturated rings. The summed E-state index contributed by atoms with van der Waals surface area (Å²) in [6.45, 7) is 5.22.